The second-order valence-corrected chi connectivity index (χ2v) is 11.4. The summed E-state index contributed by atoms with van der Waals surface area (Å²) in [6, 6.07) is 10.2. The van der Waals surface area contributed by atoms with E-state index in [1.165, 1.54) is 35.7 Å². The lowest BCUT2D eigenvalue weighted by atomic mass is 9.88. The number of carbonyl (C=O) groups is 1. The highest BCUT2D eigenvalue weighted by molar-refractivity contribution is 5.87. The van der Waals surface area contributed by atoms with Gasteiger partial charge in [0.25, 0.3) is 0 Å². The Balaban J connectivity index is 1.41. The SMILES string of the molecule is C=CC(=O)N(CC)CCN(CC)c1nc(OC[C@@H]2CCCN2C)nc2c1CCC(N1CCCc3ccccc31)C2. The molecular weight excluding hydrogens is 500 g/mol. The van der Waals surface area contributed by atoms with Crippen molar-refractivity contribution in [3.63, 3.8) is 0 Å². The summed E-state index contributed by atoms with van der Waals surface area (Å²) >= 11 is 0. The topological polar surface area (TPSA) is 65.0 Å². The van der Waals surface area contributed by atoms with Crippen LogP contribution in [0, 0.1) is 0 Å². The number of rotatable bonds is 11. The molecule has 0 bridgehead atoms. The van der Waals surface area contributed by atoms with Crippen LogP contribution in [0.2, 0.25) is 0 Å². The van der Waals surface area contributed by atoms with Gasteiger partial charge in [0, 0.05) is 62.5 Å². The molecular formula is C32H46N6O2. The van der Waals surface area contributed by atoms with E-state index >= 15 is 0 Å². The normalized spacial score (nSPS) is 20.5. The Hall–Kier alpha value is -3.13. The minimum atomic E-state index is -0.0300. The second-order valence-electron chi connectivity index (χ2n) is 11.4. The van der Waals surface area contributed by atoms with Crippen molar-refractivity contribution in [1.29, 1.82) is 0 Å². The Morgan fingerprint density at radius 2 is 1.95 bits per heavy atom. The van der Waals surface area contributed by atoms with Gasteiger partial charge in [-0.25, -0.2) is 0 Å². The average molecular weight is 547 g/mol. The molecule has 1 aromatic heterocycles. The smallest absolute Gasteiger partial charge is 0.318 e. The summed E-state index contributed by atoms with van der Waals surface area (Å²) < 4.78 is 6.32. The van der Waals surface area contributed by atoms with Crippen molar-refractivity contribution in [2.75, 3.05) is 62.7 Å². The van der Waals surface area contributed by atoms with E-state index in [-0.39, 0.29) is 5.91 Å². The highest BCUT2D eigenvalue weighted by Gasteiger charge is 2.32. The maximum atomic E-state index is 12.3. The lowest BCUT2D eigenvalue weighted by Gasteiger charge is -2.40. The summed E-state index contributed by atoms with van der Waals surface area (Å²) in [7, 11) is 2.17. The van der Waals surface area contributed by atoms with Gasteiger partial charge in [-0.05, 0) is 83.7 Å². The van der Waals surface area contributed by atoms with E-state index in [1.54, 1.807) is 0 Å². The Morgan fingerprint density at radius 3 is 2.70 bits per heavy atom. The first-order valence-electron chi connectivity index (χ1n) is 15.3. The van der Waals surface area contributed by atoms with Crippen LogP contribution < -0.4 is 14.5 Å². The number of fused-ring (bicyclic) bond motifs is 2. The van der Waals surface area contributed by atoms with Crippen molar-refractivity contribution >= 4 is 17.4 Å². The van der Waals surface area contributed by atoms with Gasteiger partial charge in [-0.1, -0.05) is 24.8 Å². The van der Waals surface area contributed by atoms with E-state index in [9.17, 15) is 4.79 Å². The van der Waals surface area contributed by atoms with Gasteiger partial charge in [0.05, 0.1) is 5.69 Å². The largest absolute Gasteiger partial charge is 0.462 e. The first-order chi connectivity index (χ1) is 19.5. The molecule has 0 saturated carbocycles. The third-order valence-electron chi connectivity index (χ3n) is 9.06. The number of anilines is 2. The van der Waals surface area contributed by atoms with Crippen molar-refractivity contribution in [3.05, 3.63) is 53.7 Å². The third-order valence-corrected chi connectivity index (χ3v) is 9.06. The summed E-state index contributed by atoms with van der Waals surface area (Å²) in [5, 5.41) is 0. The number of ether oxygens (including phenoxy) is 1. The van der Waals surface area contributed by atoms with Gasteiger partial charge in [-0.15, -0.1) is 0 Å². The first-order valence-corrected chi connectivity index (χ1v) is 15.3. The predicted octanol–water partition coefficient (Wildman–Crippen LogP) is 4.12. The van der Waals surface area contributed by atoms with E-state index in [1.807, 2.05) is 11.8 Å². The molecule has 0 N–H and O–H groups in total. The van der Waals surface area contributed by atoms with Crippen molar-refractivity contribution in [2.45, 2.75) is 70.9 Å². The maximum Gasteiger partial charge on any atom is 0.318 e. The standard InChI is InChI=1S/C32H46N6O2/c1-5-30(39)36(6-2)20-21-37(7-3)31-27-17-16-25(38-19-10-13-24-12-8-9-15-29(24)38)22-28(27)33-32(34-31)40-23-26-14-11-18-35(26)4/h5,8-9,12,15,25-26H,1,6-7,10-11,13-14,16-23H2,2-4H3/t25?,26-/m0/s1. The second kappa shape index (κ2) is 13.0. The van der Waals surface area contributed by atoms with E-state index in [0.29, 0.717) is 44.3 Å². The Labute approximate surface area is 240 Å². The molecule has 216 valence electrons. The maximum absolute atomic E-state index is 12.3. The van der Waals surface area contributed by atoms with Crippen LogP contribution in [0.3, 0.4) is 0 Å². The van der Waals surface area contributed by atoms with Crippen LogP contribution in [-0.4, -0.2) is 90.7 Å². The summed E-state index contributed by atoms with van der Waals surface area (Å²) in [6.45, 7) is 13.5. The summed E-state index contributed by atoms with van der Waals surface area (Å²) in [4.78, 5) is 31.5. The molecule has 2 atom stereocenters. The average Bonchev–Trinajstić information content (AvgIpc) is 3.41. The Morgan fingerprint density at radius 1 is 1.10 bits per heavy atom. The fourth-order valence-electron chi connectivity index (χ4n) is 6.66. The van der Waals surface area contributed by atoms with Gasteiger partial charge >= 0.3 is 6.01 Å². The Kier molecular flexibility index (Phi) is 9.25. The van der Waals surface area contributed by atoms with Crippen LogP contribution in [0.5, 0.6) is 6.01 Å². The van der Waals surface area contributed by atoms with E-state index in [2.05, 4.69) is 59.5 Å². The molecule has 1 amide bonds. The van der Waals surface area contributed by atoms with Crippen LogP contribution in [0.25, 0.3) is 0 Å². The molecule has 1 aromatic carbocycles. The van der Waals surface area contributed by atoms with E-state index < -0.39 is 0 Å². The van der Waals surface area contributed by atoms with Crippen LogP contribution in [0.15, 0.2) is 36.9 Å². The molecule has 3 aliphatic rings. The van der Waals surface area contributed by atoms with Gasteiger partial charge in [0.1, 0.15) is 12.4 Å². The fraction of sp³-hybridized carbons (Fsp3) is 0.594. The number of benzene rings is 1. The number of nitrogens with zero attached hydrogens (tertiary/aromatic N) is 6. The molecule has 2 aromatic rings. The highest BCUT2D eigenvalue weighted by atomic mass is 16.5. The molecule has 0 radical (unpaired) electrons. The fourth-order valence-corrected chi connectivity index (χ4v) is 6.66. The lowest BCUT2D eigenvalue weighted by molar-refractivity contribution is -0.125. The van der Waals surface area contributed by atoms with E-state index in [4.69, 9.17) is 14.7 Å². The molecule has 1 saturated heterocycles. The monoisotopic (exact) mass is 546 g/mol. The molecule has 8 heteroatoms. The zero-order chi connectivity index (χ0) is 28.1. The van der Waals surface area contributed by atoms with E-state index in [0.717, 1.165) is 63.3 Å². The van der Waals surface area contributed by atoms with Crippen molar-refractivity contribution in [2.24, 2.45) is 0 Å². The van der Waals surface area contributed by atoms with Gasteiger partial charge in [-0.3, -0.25) is 4.79 Å². The van der Waals surface area contributed by atoms with Crippen molar-refractivity contribution in [1.82, 2.24) is 19.8 Å². The quantitative estimate of drug-likeness (QED) is 0.393. The molecule has 1 fully saturated rings. The molecule has 2 aliphatic heterocycles. The molecule has 1 aliphatic carbocycles. The summed E-state index contributed by atoms with van der Waals surface area (Å²) in [5.41, 5.74) is 5.21. The molecule has 0 spiro atoms. The number of carbonyl (C=O) groups excluding carboxylic acids is 1. The van der Waals surface area contributed by atoms with Gasteiger partial charge in [-0.2, -0.15) is 9.97 Å². The van der Waals surface area contributed by atoms with Crippen LogP contribution in [0.1, 0.15) is 56.4 Å². The Bertz CT molecular complexity index is 1190. The number of likely N-dealkylation sites (tertiary alicyclic amines) is 1. The molecule has 40 heavy (non-hydrogen) atoms. The highest BCUT2D eigenvalue weighted by Crippen LogP contribution is 2.36. The van der Waals surface area contributed by atoms with Crippen molar-refractivity contribution < 1.29 is 9.53 Å². The molecule has 8 nitrogen and oxygen atoms in total. The number of amides is 1. The summed E-state index contributed by atoms with van der Waals surface area (Å²) in [5.74, 6) is 0.944. The van der Waals surface area contributed by atoms with Gasteiger partial charge in [0.15, 0.2) is 0 Å². The summed E-state index contributed by atoms with van der Waals surface area (Å²) in [6.07, 6.45) is 9.03. The number of hydrogen-bond acceptors (Lipinski definition) is 7. The number of likely N-dealkylation sites (N-methyl/N-ethyl adjacent to an activating group) is 3. The molecule has 5 rings (SSSR count). The number of hydrogen-bond donors (Lipinski definition) is 0. The van der Waals surface area contributed by atoms with Crippen LogP contribution >= 0.6 is 0 Å². The minimum absolute atomic E-state index is 0.0300. The zero-order valence-electron chi connectivity index (χ0n) is 24.6. The first kappa shape index (κ1) is 28.4. The number of aryl methyl sites for hydroxylation is 1. The van der Waals surface area contributed by atoms with Crippen LogP contribution in [-0.2, 0) is 24.1 Å². The van der Waals surface area contributed by atoms with Crippen LogP contribution in [0.4, 0.5) is 11.5 Å². The zero-order valence-corrected chi connectivity index (χ0v) is 24.6. The predicted molar refractivity (Wildman–Crippen MR) is 161 cm³/mol. The van der Waals surface area contributed by atoms with Crippen molar-refractivity contribution in [3.8, 4) is 6.01 Å². The van der Waals surface area contributed by atoms with Gasteiger partial charge in [0.2, 0.25) is 5.91 Å². The van der Waals surface area contributed by atoms with Gasteiger partial charge < -0.3 is 24.3 Å². The number of aromatic nitrogens is 2. The third kappa shape index (κ3) is 6.12. The molecule has 1 unspecified atom stereocenters. The lowest BCUT2D eigenvalue weighted by Crippen LogP contribution is -2.43. The molecule has 3 heterocycles. The number of para-hydroxylation sites is 1. The minimum Gasteiger partial charge on any atom is -0.462 e.